The number of aryl methyl sites for hydroxylation is 1. The lowest BCUT2D eigenvalue weighted by Gasteiger charge is -2.07. The van der Waals surface area contributed by atoms with Crippen molar-refractivity contribution in [2.24, 2.45) is 0 Å². The molecule has 3 heterocycles. The van der Waals surface area contributed by atoms with Gasteiger partial charge in [-0.15, -0.1) is 28.1 Å². The quantitative estimate of drug-likeness (QED) is 0.514. The van der Waals surface area contributed by atoms with Gasteiger partial charge in [0.25, 0.3) is 0 Å². The number of nitrogens with zero attached hydrogens (tertiary/aromatic N) is 4. The van der Waals surface area contributed by atoms with Crippen LogP contribution in [0.2, 0.25) is 0 Å². The molecule has 3 aromatic rings. The number of furan rings is 1. The number of hydrogen-bond acceptors (Lipinski definition) is 7. The highest BCUT2D eigenvalue weighted by atomic mass is 32.2. The third-order valence-corrected chi connectivity index (χ3v) is 4.79. The summed E-state index contributed by atoms with van der Waals surface area (Å²) in [5, 5.41) is 14.2. The number of nitrogens with one attached hydrogen (secondary N) is 1. The maximum atomic E-state index is 12.0. The van der Waals surface area contributed by atoms with E-state index in [4.69, 9.17) is 4.42 Å². The van der Waals surface area contributed by atoms with Crippen LogP contribution in [0, 0.1) is 6.92 Å². The lowest BCUT2D eigenvalue weighted by atomic mass is 10.2. The molecular formula is C15H15N5O2S2. The fourth-order valence-electron chi connectivity index (χ4n) is 2.08. The second-order valence-electron chi connectivity index (χ2n) is 4.77. The summed E-state index contributed by atoms with van der Waals surface area (Å²) >= 11 is 2.70. The minimum absolute atomic E-state index is 0.135. The van der Waals surface area contributed by atoms with Crippen LogP contribution in [0.15, 0.2) is 46.1 Å². The lowest BCUT2D eigenvalue weighted by Crippen LogP contribution is -2.14. The van der Waals surface area contributed by atoms with Gasteiger partial charge in [0.05, 0.1) is 17.6 Å². The zero-order valence-corrected chi connectivity index (χ0v) is 14.6. The van der Waals surface area contributed by atoms with Gasteiger partial charge in [0.1, 0.15) is 5.76 Å². The zero-order valence-electron chi connectivity index (χ0n) is 12.9. The van der Waals surface area contributed by atoms with E-state index < -0.39 is 0 Å². The van der Waals surface area contributed by atoms with Crippen LogP contribution in [0.4, 0.5) is 5.13 Å². The number of hydrogen-bond donors (Lipinski definition) is 1. The molecule has 1 amide bonds. The van der Waals surface area contributed by atoms with Gasteiger partial charge in [-0.2, -0.15) is 0 Å². The number of rotatable bonds is 7. The van der Waals surface area contributed by atoms with E-state index >= 15 is 0 Å². The van der Waals surface area contributed by atoms with E-state index in [0.717, 1.165) is 11.3 Å². The van der Waals surface area contributed by atoms with Crippen LogP contribution in [0.1, 0.15) is 5.76 Å². The zero-order chi connectivity index (χ0) is 16.9. The molecule has 0 fully saturated rings. The number of aromatic nitrogens is 4. The molecule has 3 rings (SSSR count). The predicted octanol–water partition coefficient (Wildman–Crippen LogP) is 3.22. The average molecular weight is 361 g/mol. The number of anilines is 1. The Labute approximate surface area is 146 Å². The molecule has 0 aromatic carbocycles. The number of carbonyl (C=O) groups excluding carboxylic acids is 1. The van der Waals surface area contributed by atoms with E-state index in [9.17, 15) is 4.79 Å². The van der Waals surface area contributed by atoms with Gasteiger partial charge in [0.2, 0.25) is 5.91 Å². The monoisotopic (exact) mass is 361 g/mol. The molecule has 0 aliphatic rings. The van der Waals surface area contributed by atoms with Crippen molar-refractivity contribution < 1.29 is 9.21 Å². The van der Waals surface area contributed by atoms with Crippen molar-refractivity contribution in [3.05, 3.63) is 42.3 Å². The third kappa shape index (κ3) is 3.57. The highest BCUT2D eigenvalue weighted by Gasteiger charge is 2.17. The van der Waals surface area contributed by atoms with E-state index in [1.165, 1.54) is 23.1 Å². The summed E-state index contributed by atoms with van der Waals surface area (Å²) in [5.74, 6) is 1.55. The van der Waals surface area contributed by atoms with Gasteiger partial charge < -0.3 is 9.73 Å². The molecule has 24 heavy (non-hydrogen) atoms. The number of thioether (sulfide) groups is 1. The maximum Gasteiger partial charge on any atom is 0.236 e. The number of carbonyl (C=O) groups is 1. The molecule has 1 N–H and O–H groups in total. The van der Waals surface area contributed by atoms with Crippen LogP contribution in [-0.2, 0) is 11.3 Å². The first kappa shape index (κ1) is 16.5. The molecule has 0 aliphatic carbocycles. The van der Waals surface area contributed by atoms with Crippen molar-refractivity contribution in [3.63, 3.8) is 0 Å². The molecule has 124 valence electrons. The maximum absolute atomic E-state index is 12.0. The molecule has 3 aromatic heterocycles. The lowest BCUT2D eigenvalue weighted by molar-refractivity contribution is -0.113. The van der Waals surface area contributed by atoms with Gasteiger partial charge in [-0.3, -0.25) is 9.36 Å². The minimum atomic E-state index is -0.135. The summed E-state index contributed by atoms with van der Waals surface area (Å²) in [5.41, 5.74) is 0.878. The fraction of sp³-hybridized carbons (Fsp3) is 0.200. The predicted molar refractivity (Wildman–Crippen MR) is 94.1 cm³/mol. The van der Waals surface area contributed by atoms with Crippen LogP contribution in [-0.4, -0.2) is 31.4 Å². The molecule has 0 bridgehead atoms. The summed E-state index contributed by atoms with van der Waals surface area (Å²) in [6.45, 7) is 6.19. The SMILES string of the molecule is C=CCn1c(SCC(=O)Nc2nccs2)nnc1-c1ccoc1C. The summed E-state index contributed by atoms with van der Waals surface area (Å²) < 4.78 is 7.24. The molecular weight excluding hydrogens is 346 g/mol. The second-order valence-corrected chi connectivity index (χ2v) is 6.61. The topological polar surface area (TPSA) is 85.8 Å². The van der Waals surface area contributed by atoms with Gasteiger partial charge in [-0.1, -0.05) is 17.8 Å². The van der Waals surface area contributed by atoms with E-state index in [1.54, 1.807) is 18.5 Å². The highest BCUT2D eigenvalue weighted by molar-refractivity contribution is 7.99. The Balaban J connectivity index is 1.73. The standard InChI is InChI=1S/C15H15N5O2S2/c1-3-6-20-13(11-4-7-22-10(11)2)18-19-15(20)24-9-12(21)17-14-16-5-8-23-14/h3-5,7-8H,1,6,9H2,2H3,(H,16,17,21). The van der Waals surface area contributed by atoms with Gasteiger partial charge >= 0.3 is 0 Å². The van der Waals surface area contributed by atoms with E-state index in [2.05, 4.69) is 27.1 Å². The number of allylic oxidation sites excluding steroid dienone is 1. The normalized spacial score (nSPS) is 10.7. The summed E-state index contributed by atoms with van der Waals surface area (Å²) in [7, 11) is 0. The summed E-state index contributed by atoms with van der Waals surface area (Å²) in [6, 6.07) is 1.85. The smallest absolute Gasteiger partial charge is 0.236 e. The van der Waals surface area contributed by atoms with Gasteiger partial charge in [0, 0.05) is 18.1 Å². The molecule has 9 heteroatoms. The van der Waals surface area contributed by atoms with E-state index in [1.807, 2.05) is 22.9 Å². The van der Waals surface area contributed by atoms with Crippen LogP contribution < -0.4 is 5.32 Å². The van der Waals surface area contributed by atoms with E-state index in [0.29, 0.717) is 22.7 Å². The van der Waals surface area contributed by atoms with Gasteiger partial charge in [-0.25, -0.2) is 4.98 Å². The Morgan fingerprint density at radius 1 is 1.54 bits per heavy atom. The van der Waals surface area contributed by atoms with Crippen molar-refractivity contribution in [2.45, 2.75) is 18.6 Å². The molecule has 0 radical (unpaired) electrons. The Morgan fingerprint density at radius 2 is 2.42 bits per heavy atom. The molecule has 0 atom stereocenters. The van der Waals surface area contributed by atoms with Crippen LogP contribution in [0.25, 0.3) is 11.4 Å². The Morgan fingerprint density at radius 3 is 3.08 bits per heavy atom. The first-order valence-electron chi connectivity index (χ1n) is 7.09. The Bertz CT molecular complexity index is 838. The Kier molecular flexibility index (Phi) is 5.11. The van der Waals surface area contributed by atoms with Crippen molar-refractivity contribution in [3.8, 4) is 11.4 Å². The van der Waals surface area contributed by atoms with Crippen LogP contribution >= 0.6 is 23.1 Å². The van der Waals surface area contributed by atoms with Crippen LogP contribution in [0.5, 0.6) is 0 Å². The molecule has 0 aliphatic heterocycles. The molecule has 0 saturated carbocycles. The summed E-state index contributed by atoms with van der Waals surface area (Å²) in [4.78, 5) is 16.0. The first-order valence-corrected chi connectivity index (χ1v) is 8.96. The second kappa shape index (κ2) is 7.45. The molecule has 0 saturated heterocycles. The summed E-state index contributed by atoms with van der Waals surface area (Å²) in [6.07, 6.45) is 5.03. The average Bonchev–Trinajstić information content (AvgIpc) is 3.28. The Hall–Kier alpha value is -2.39. The first-order chi connectivity index (χ1) is 11.7. The van der Waals surface area contributed by atoms with Crippen molar-refractivity contribution >= 4 is 34.1 Å². The van der Waals surface area contributed by atoms with Crippen molar-refractivity contribution in [1.82, 2.24) is 19.7 Å². The number of thiazole rings is 1. The van der Waals surface area contributed by atoms with Crippen molar-refractivity contribution in [1.29, 1.82) is 0 Å². The largest absolute Gasteiger partial charge is 0.469 e. The van der Waals surface area contributed by atoms with Gasteiger partial charge in [-0.05, 0) is 13.0 Å². The van der Waals surface area contributed by atoms with Gasteiger partial charge in [0.15, 0.2) is 16.1 Å². The molecule has 0 unspecified atom stereocenters. The molecule has 0 spiro atoms. The third-order valence-electron chi connectivity index (χ3n) is 3.14. The molecule has 7 nitrogen and oxygen atoms in total. The highest BCUT2D eigenvalue weighted by Crippen LogP contribution is 2.27. The fourth-order valence-corrected chi connectivity index (χ4v) is 3.37. The van der Waals surface area contributed by atoms with Crippen LogP contribution in [0.3, 0.4) is 0 Å². The van der Waals surface area contributed by atoms with E-state index in [-0.39, 0.29) is 11.7 Å². The van der Waals surface area contributed by atoms with Crippen molar-refractivity contribution in [2.75, 3.05) is 11.1 Å². The number of amides is 1. The minimum Gasteiger partial charge on any atom is -0.469 e.